The molecule has 1 aromatic heterocycles. The van der Waals surface area contributed by atoms with Crippen molar-refractivity contribution in [3.63, 3.8) is 0 Å². The fourth-order valence-corrected chi connectivity index (χ4v) is 3.92. The molecule has 2 aromatic carbocycles. The van der Waals surface area contributed by atoms with Crippen molar-refractivity contribution in [3.8, 4) is 0 Å². The number of nitrogens with zero attached hydrogens (tertiary/aromatic N) is 4. The van der Waals surface area contributed by atoms with Gasteiger partial charge in [-0.15, -0.1) is 0 Å². The molecule has 1 aliphatic rings. The molecule has 6 heteroatoms. The summed E-state index contributed by atoms with van der Waals surface area (Å²) in [6, 6.07) is 15.0. The molecule has 0 radical (unpaired) electrons. The van der Waals surface area contributed by atoms with E-state index in [2.05, 4.69) is 46.3 Å². The molecule has 3 aromatic rings. The van der Waals surface area contributed by atoms with Gasteiger partial charge in [0.25, 0.3) is 0 Å². The molecule has 1 atom stereocenters. The second-order valence-corrected chi connectivity index (χ2v) is 6.59. The number of fused-ring (bicyclic) bond motifs is 1. The monoisotopic (exact) mass is 336 g/mol. The molecule has 0 aliphatic carbocycles. The Morgan fingerprint density at radius 2 is 2.04 bits per heavy atom. The average molecular weight is 336 g/mol. The Morgan fingerprint density at radius 3 is 2.88 bits per heavy atom. The van der Waals surface area contributed by atoms with Crippen LogP contribution in [0.25, 0.3) is 10.8 Å². The lowest BCUT2D eigenvalue weighted by Gasteiger charge is -2.26. The molecule has 2 heterocycles. The number of hydrogen-bond acceptors (Lipinski definition) is 4. The quantitative estimate of drug-likeness (QED) is 0.538. The van der Waals surface area contributed by atoms with Crippen molar-refractivity contribution in [3.05, 3.63) is 64.5 Å². The Labute approximate surface area is 145 Å². The van der Waals surface area contributed by atoms with Crippen molar-refractivity contribution >= 4 is 22.4 Å². The predicted octanol–water partition coefficient (Wildman–Crippen LogP) is 3.69. The van der Waals surface area contributed by atoms with E-state index in [1.807, 2.05) is 13.1 Å². The minimum atomic E-state index is -0.386. The van der Waals surface area contributed by atoms with E-state index in [0.717, 1.165) is 25.8 Å². The largest absolute Gasteiger partial charge is 0.406 e. The number of hydrogen-bond donors (Lipinski definition) is 0. The molecule has 25 heavy (non-hydrogen) atoms. The third-order valence-electron chi connectivity index (χ3n) is 5.04. The van der Waals surface area contributed by atoms with Crippen LogP contribution in [0.2, 0.25) is 0 Å². The number of aromatic nitrogens is 2. The Kier molecular flexibility index (Phi) is 3.87. The van der Waals surface area contributed by atoms with Crippen LogP contribution in [0.3, 0.4) is 0 Å². The van der Waals surface area contributed by atoms with Crippen LogP contribution in [0.1, 0.15) is 18.4 Å². The van der Waals surface area contributed by atoms with Gasteiger partial charge in [0.1, 0.15) is 0 Å². The molecular formula is C19H20N4O2. The number of rotatable bonds is 4. The van der Waals surface area contributed by atoms with E-state index < -0.39 is 0 Å². The second-order valence-electron chi connectivity index (χ2n) is 6.59. The minimum absolute atomic E-state index is 0.0488. The number of benzene rings is 2. The summed E-state index contributed by atoms with van der Waals surface area (Å²) >= 11 is 0. The van der Waals surface area contributed by atoms with Crippen LogP contribution in [-0.4, -0.2) is 27.1 Å². The van der Waals surface area contributed by atoms with Crippen molar-refractivity contribution in [1.29, 1.82) is 0 Å². The zero-order valence-corrected chi connectivity index (χ0v) is 14.1. The summed E-state index contributed by atoms with van der Waals surface area (Å²) < 4.78 is 1.76. The molecule has 0 spiro atoms. The van der Waals surface area contributed by atoms with Crippen LogP contribution < -0.4 is 4.90 Å². The second kappa shape index (κ2) is 6.20. The molecule has 4 rings (SSSR count). The van der Waals surface area contributed by atoms with Gasteiger partial charge in [0.2, 0.25) is 12.1 Å². The van der Waals surface area contributed by atoms with Gasteiger partial charge >= 0.3 is 5.82 Å². The third-order valence-corrected chi connectivity index (χ3v) is 5.04. The van der Waals surface area contributed by atoms with Gasteiger partial charge in [-0.2, -0.15) is 0 Å². The third kappa shape index (κ3) is 2.73. The Morgan fingerprint density at radius 1 is 1.24 bits per heavy atom. The van der Waals surface area contributed by atoms with E-state index in [0.29, 0.717) is 5.82 Å². The standard InChI is InChI=1S/C19H20N4O2/c1-21-13-20-18(23(24)25)19(21)22-11-5-9-16(22)12-15-8-4-7-14-6-2-3-10-17(14)15/h2-4,6-8,10,13,16H,5,9,11-12H2,1H3/t16-/m0/s1. The summed E-state index contributed by atoms with van der Waals surface area (Å²) in [7, 11) is 1.82. The van der Waals surface area contributed by atoms with E-state index in [-0.39, 0.29) is 16.8 Å². The fraction of sp³-hybridized carbons (Fsp3) is 0.316. The van der Waals surface area contributed by atoms with Gasteiger partial charge in [0.15, 0.2) is 0 Å². The summed E-state index contributed by atoms with van der Waals surface area (Å²) in [5, 5.41) is 13.8. The molecule has 128 valence electrons. The van der Waals surface area contributed by atoms with E-state index >= 15 is 0 Å². The molecule has 0 bridgehead atoms. The van der Waals surface area contributed by atoms with Crippen LogP contribution in [0.5, 0.6) is 0 Å². The van der Waals surface area contributed by atoms with Crippen molar-refractivity contribution in [2.45, 2.75) is 25.3 Å². The van der Waals surface area contributed by atoms with E-state index in [4.69, 9.17) is 0 Å². The summed E-state index contributed by atoms with van der Waals surface area (Å²) in [5.74, 6) is 0.569. The van der Waals surface area contributed by atoms with Gasteiger partial charge in [-0.1, -0.05) is 42.5 Å². The van der Waals surface area contributed by atoms with Crippen molar-refractivity contribution in [2.75, 3.05) is 11.4 Å². The Hall–Kier alpha value is -2.89. The topological polar surface area (TPSA) is 64.2 Å². The first-order chi connectivity index (χ1) is 12.1. The van der Waals surface area contributed by atoms with Crippen molar-refractivity contribution < 1.29 is 4.92 Å². The minimum Gasteiger partial charge on any atom is -0.358 e. The molecule has 1 fully saturated rings. The zero-order chi connectivity index (χ0) is 17.4. The van der Waals surface area contributed by atoms with Crippen LogP contribution >= 0.6 is 0 Å². The van der Waals surface area contributed by atoms with Crippen LogP contribution in [0.4, 0.5) is 11.6 Å². The average Bonchev–Trinajstić information content (AvgIpc) is 3.21. The van der Waals surface area contributed by atoms with Gasteiger partial charge in [-0.05, 0) is 45.5 Å². The highest BCUT2D eigenvalue weighted by molar-refractivity contribution is 5.85. The molecule has 0 amide bonds. The maximum atomic E-state index is 11.3. The van der Waals surface area contributed by atoms with Gasteiger partial charge in [0, 0.05) is 19.6 Å². The summed E-state index contributed by atoms with van der Waals surface area (Å²) in [4.78, 5) is 17.1. The number of nitro groups is 1. The molecule has 6 nitrogen and oxygen atoms in total. The van der Waals surface area contributed by atoms with Crippen LogP contribution in [0, 0.1) is 10.1 Å². The summed E-state index contributed by atoms with van der Waals surface area (Å²) in [6.45, 7) is 0.829. The lowest BCUT2D eigenvalue weighted by atomic mass is 9.98. The summed E-state index contributed by atoms with van der Waals surface area (Å²) in [6.07, 6.45) is 4.48. The normalized spacial score (nSPS) is 17.3. The lowest BCUT2D eigenvalue weighted by molar-refractivity contribution is -0.388. The molecular weight excluding hydrogens is 316 g/mol. The van der Waals surface area contributed by atoms with Crippen molar-refractivity contribution in [2.24, 2.45) is 7.05 Å². The first kappa shape index (κ1) is 15.6. The van der Waals surface area contributed by atoms with E-state index in [1.165, 1.54) is 22.7 Å². The molecule has 0 unspecified atom stereocenters. The maximum Gasteiger partial charge on any atom is 0.406 e. The highest BCUT2D eigenvalue weighted by Crippen LogP contribution is 2.34. The summed E-state index contributed by atoms with van der Waals surface area (Å²) in [5.41, 5.74) is 1.29. The van der Waals surface area contributed by atoms with E-state index in [9.17, 15) is 10.1 Å². The first-order valence-corrected chi connectivity index (χ1v) is 8.54. The molecule has 1 aliphatic heterocycles. The first-order valence-electron chi connectivity index (χ1n) is 8.54. The Bertz CT molecular complexity index is 929. The van der Waals surface area contributed by atoms with E-state index in [1.54, 1.807) is 4.57 Å². The Balaban J connectivity index is 1.69. The van der Waals surface area contributed by atoms with Gasteiger partial charge in [0.05, 0.1) is 0 Å². The van der Waals surface area contributed by atoms with Crippen LogP contribution in [0.15, 0.2) is 48.8 Å². The van der Waals surface area contributed by atoms with Gasteiger partial charge in [-0.3, -0.25) is 4.57 Å². The number of aryl methyl sites for hydroxylation is 1. The van der Waals surface area contributed by atoms with Gasteiger partial charge in [-0.25, -0.2) is 0 Å². The van der Waals surface area contributed by atoms with Gasteiger partial charge < -0.3 is 15.0 Å². The molecule has 0 N–H and O–H groups in total. The highest BCUT2D eigenvalue weighted by Gasteiger charge is 2.33. The zero-order valence-electron chi connectivity index (χ0n) is 14.1. The highest BCUT2D eigenvalue weighted by atomic mass is 16.6. The maximum absolute atomic E-state index is 11.3. The SMILES string of the molecule is Cn1cnc([N+](=O)[O-])c1N1CCC[C@H]1Cc1cccc2ccccc12. The number of imidazole rings is 1. The number of anilines is 1. The fourth-order valence-electron chi connectivity index (χ4n) is 3.92. The lowest BCUT2D eigenvalue weighted by Crippen LogP contribution is -2.33. The van der Waals surface area contributed by atoms with Crippen molar-refractivity contribution in [1.82, 2.24) is 9.55 Å². The molecule has 1 saturated heterocycles. The predicted molar refractivity (Wildman–Crippen MR) is 97.9 cm³/mol. The van der Waals surface area contributed by atoms with Crippen LogP contribution in [-0.2, 0) is 13.5 Å². The smallest absolute Gasteiger partial charge is 0.358 e. The molecule has 0 saturated carbocycles.